The van der Waals surface area contributed by atoms with Gasteiger partial charge in [-0.3, -0.25) is 4.79 Å². The van der Waals surface area contributed by atoms with Crippen molar-refractivity contribution < 1.29 is 23.1 Å². The molecule has 1 rings (SSSR count). The van der Waals surface area contributed by atoms with Gasteiger partial charge in [0, 0.05) is 0 Å². The first-order valence-corrected chi connectivity index (χ1v) is 4.93. The standard InChI is InChI=1S/C11H12F3NO2/c12-9-3-1-2-8(4-9)5-10(17)15-6-11(13,14)7-16/h1-4,16H,5-7H2,(H,15,17). The molecule has 17 heavy (non-hydrogen) atoms. The summed E-state index contributed by atoms with van der Waals surface area (Å²) in [6.45, 7) is -2.26. The van der Waals surface area contributed by atoms with Crippen LogP contribution in [0.3, 0.4) is 0 Å². The molecule has 94 valence electrons. The predicted molar refractivity (Wildman–Crippen MR) is 55.1 cm³/mol. The number of halogens is 3. The Morgan fingerprint density at radius 2 is 2.12 bits per heavy atom. The molecule has 3 nitrogen and oxygen atoms in total. The molecule has 1 aromatic carbocycles. The highest BCUT2D eigenvalue weighted by Gasteiger charge is 2.28. The Kier molecular flexibility index (Phi) is 4.51. The van der Waals surface area contributed by atoms with Gasteiger partial charge >= 0.3 is 0 Å². The summed E-state index contributed by atoms with van der Waals surface area (Å²) >= 11 is 0. The molecule has 2 N–H and O–H groups in total. The SMILES string of the molecule is O=C(Cc1cccc(F)c1)NCC(F)(F)CO. The first-order valence-electron chi connectivity index (χ1n) is 4.93. The molecule has 0 heterocycles. The molecule has 0 bridgehead atoms. The quantitative estimate of drug-likeness (QED) is 0.819. The second kappa shape index (κ2) is 5.67. The Morgan fingerprint density at radius 1 is 1.41 bits per heavy atom. The summed E-state index contributed by atoms with van der Waals surface area (Å²) in [6.07, 6.45) is -0.181. The maximum atomic E-state index is 12.8. The molecular weight excluding hydrogens is 235 g/mol. The Balaban J connectivity index is 2.45. The van der Waals surface area contributed by atoms with E-state index in [0.717, 1.165) is 6.07 Å². The van der Waals surface area contributed by atoms with Gasteiger partial charge in [0.1, 0.15) is 12.4 Å². The van der Waals surface area contributed by atoms with E-state index >= 15 is 0 Å². The Labute approximate surface area is 96.3 Å². The summed E-state index contributed by atoms with van der Waals surface area (Å²) in [6, 6.07) is 5.33. The minimum Gasteiger partial charge on any atom is -0.390 e. The van der Waals surface area contributed by atoms with E-state index in [9.17, 15) is 18.0 Å². The van der Waals surface area contributed by atoms with Gasteiger partial charge in [0.25, 0.3) is 5.92 Å². The summed E-state index contributed by atoms with van der Waals surface area (Å²) in [7, 11) is 0. The van der Waals surface area contributed by atoms with Crippen molar-refractivity contribution >= 4 is 5.91 Å². The number of aliphatic hydroxyl groups excluding tert-OH is 1. The minimum atomic E-state index is -3.34. The largest absolute Gasteiger partial charge is 0.390 e. The molecule has 0 saturated heterocycles. The fraction of sp³-hybridized carbons (Fsp3) is 0.364. The molecule has 0 aliphatic rings. The Bertz CT molecular complexity index is 396. The molecule has 0 spiro atoms. The van der Waals surface area contributed by atoms with Gasteiger partial charge in [0.05, 0.1) is 13.0 Å². The van der Waals surface area contributed by atoms with Crippen molar-refractivity contribution in [2.75, 3.05) is 13.2 Å². The van der Waals surface area contributed by atoms with Gasteiger partial charge in [-0.15, -0.1) is 0 Å². The summed E-state index contributed by atoms with van der Waals surface area (Å²) < 4.78 is 37.9. The lowest BCUT2D eigenvalue weighted by Crippen LogP contribution is -2.39. The van der Waals surface area contributed by atoms with Crippen molar-refractivity contribution in [3.8, 4) is 0 Å². The average molecular weight is 247 g/mol. The molecular formula is C11H12F3NO2. The second-order valence-electron chi connectivity index (χ2n) is 3.60. The van der Waals surface area contributed by atoms with Crippen LogP contribution in [0, 0.1) is 5.82 Å². The van der Waals surface area contributed by atoms with Gasteiger partial charge < -0.3 is 10.4 Å². The molecule has 0 aliphatic carbocycles. The molecule has 1 aromatic rings. The van der Waals surface area contributed by atoms with Gasteiger partial charge in [-0.2, -0.15) is 0 Å². The number of nitrogens with one attached hydrogen (secondary N) is 1. The number of amides is 1. The lowest BCUT2D eigenvalue weighted by molar-refractivity contribution is -0.123. The molecule has 0 aliphatic heterocycles. The van der Waals surface area contributed by atoms with Crippen molar-refractivity contribution in [3.63, 3.8) is 0 Å². The molecule has 6 heteroatoms. The van der Waals surface area contributed by atoms with E-state index in [1.807, 2.05) is 5.32 Å². The van der Waals surface area contributed by atoms with Crippen molar-refractivity contribution in [1.29, 1.82) is 0 Å². The summed E-state index contributed by atoms with van der Waals surface area (Å²) in [5, 5.41) is 10.3. The number of hydrogen-bond donors (Lipinski definition) is 2. The van der Waals surface area contributed by atoms with Crippen LogP contribution in [0.15, 0.2) is 24.3 Å². The number of carbonyl (C=O) groups is 1. The smallest absolute Gasteiger partial charge is 0.287 e. The number of aliphatic hydroxyl groups is 1. The molecule has 0 atom stereocenters. The van der Waals surface area contributed by atoms with Crippen LogP contribution in [-0.4, -0.2) is 30.1 Å². The van der Waals surface area contributed by atoms with Gasteiger partial charge in [-0.05, 0) is 17.7 Å². The number of carbonyl (C=O) groups excluding carboxylic acids is 1. The van der Waals surface area contributed by atoms with Crippen molar-refractivity contribution in [3.05, 3.63) is 35.6 Å². The average Bonchev–Trinajstić information content (AvgIpc) is 2.27. The zero-order valence-electron chi connectivity index (χ0n) is 8.92. The number of alkyl halides is 2. The van der Waals surface area contributed by atoms with E-state index in [-0.39, 0.29) is 6.42 Å². The summed E-state index contributed by atoms with van der Waals surface area (Å²) in [4.78, 5) is 11.2. The van der Waals surface area contributed by atoms with Crippen LogP contribution >= 0.6 is 0 Å². The topological polar surface area (TPSA) is 49.3 Å². The number of hydrogen-bond acceptors (Lipinski definition) is 2. The van der Waals surface area contributed by atoms with Gasteiger partial charge in [0.2, 0.25) is 5.91 Å². The monoisotopic (exact) mass is 247 g/mol. The molecule has 1 amide bonds. The van der Waals surface area contributed by atoms with Crippen LogP contribution in [0.2, 0.25) is 0 Å². The third-order valence-electron chi connectivity index (χ3n) is 2.03. The van der Waals surface area contributed by atoms with E-state index in [2.05, 4.69) is 0 Å². The highest BCUT2D eigenvalue weighted by Crippen LogP contribution is 2.10. The fourth-order valence-electron chi connectivity index (χ4n) is 1.18. The maximum absolute atomic E-state index is 12.8. The third-order valence-corrected chi connectivity index (χ3v) is 2.03. The lowest BCUT2D eigenvalue weighted by atomic mass is 10.1. The van der Waals surface area contributed by atoms with E-state index in [1.54, 1.807) is 0 Å². The van der Waals surface area contributed by atoms with Gasteiger partial charge in [-0.1, -0.05) is 12.1 Å². The highest BCUT2D eigenvalue weighted by molar-refractivity contribution is 5.78. The van der Waals surface area contributed by atoms with Gasteiger partial charge in [0.15, 0.2) is 0 Å². The molecule has 0 aromatic heterocycles. The van der Waals surface area contributed by atoms with Crippen LogP contribution in [0.5, 0.6) is 0 Å². The molecule has 0 saturated carbocycles. The van der Waals surface area contributed by atoms with Crippen molar-refractivity contribution in [2.45, 2.75) is 12.3 Å². The van der Waals surface area contributed by atoms with E-state index in [1.165, 1.54) is 18.2 Å². The fourth-order valence-corrected chi connectivity index (χ4v) is 1.18. The van der Waals surface area contributed by atoms with Crippen LogP contribution < -0.4 is 5.32 Å². The Hall–Kier alpha value is -1.56. The molecule has 0 fully saturated rings. The molecule has 0 unspecified atom stereocenters. The van der Waals surface area contributed by atoms with Crippen LogP contribution in [0.4, 0.5) is 13.2 Å². The summed E-state index contributed by atoms with van der Waals surface area (Å²) in [5.41, 5.74) is 0.398. The van der Waals surface area contributed by atoms with E-state index < -0.39 is 30.8 Å². The first kappa shape index (κ1) is 13.5. The third kappa shape index (κ3) is 4.86. The Morgan fingerprint density at radius 3 is 2.71 bits per heavy atom. The molecule has 0 radical (unpaired) electrons. The van der Waals surface area contributed by atoms with Gasteiger partial charge in [-0.25, -0.2) is 13.2 Å². The number of benzene rings is 1. The normalized spacial score (nSPS) is 11.3. The minimum absolute atomic E-state index is 0.181. The maximum Gasteiger partial charge on any atom is 0.287 e. The zero-order chi connectivity index (χ0) is 12.9. The van der Waals surface area contributed by atoms with Crippen molar-refractivity contribution in [1.82, 2.24) is 5.32 Å². The zero-order valence-corrected chi connectivity index (χ0v) is 8.92. The van der Waals surface area contributed by atoms with Crippen LogP contribution in [0.1, 0.15) is 5.56 Å². The van der Waals surface area contributed by atoms with E-state index in [4.69, 9.17) is 5.11 Å². The van der Waals surface area contributed by atoms with Crippen LogP contribution in [-0.2, 0) is 11.2 Å². The first-order chi connectivity index (χ1) is 7.93. The number of rotatable bonds is 5. The highest BCUT2D eigenvalue weighted by atomic mass is 19.3. The second-order valence-corrected chi connectivity index (χ2v) is 3.60. The van der Waals surface area contributed by atoms with Crippen molar-refractivity contribution in [2.24, 2.45) is 0 Å². The van der Waals surface area contributed by atoms with E-state index in [0.29, 0.717) is 5.56 Å². The predicted octanol–water partition coefficient (Wildman–Crippen LogP) is 1.11. The lowest BCUT2D eigenvalue weighted by Gasteiger charge is -2.13. The summed E-state index contributed by atoms with van der Waals surface area (Å²) in [5.74, 6) is -4.47. The van der Waals surface area contributed by atoms with Crippen LogP contribution in [0.25, 0.3) is 0 Å².